The van der Waals surface area contributed by atoms with Gasteiger partial charge in [0.05, 0.1) is 12.4 Å². The van der Waals surface area contributed by atoms with Crippen molar-refractivity contribution in [1.29, 1.82) is 0 Å². The molecule has 3 nitrogen and oxygen atoms in total. The van der Waals surface area contributed by atoms with E-state index in [4.69, 9.17) is 11.6 Å². The Hall–Kier alpha value is -0.490. The molecule has 0 aliphatic rings. The van der Waals surface area contributed by atoms with Gasteiger partial charge < -0.3 is 4.74 Å². The van der Waals surface area contributed by atoms with Gasteiger partial charge in [-0.05, 0) is 0 Å². The van der Waals surface area contributed by atoms with Gasteiger partial charge in [-0.1, -0.05) is 11.6 Å². The van der Waals surface area contributed by atoms with Crippen LogP contribution >= 0.6 is 27.5 Å². The second kappa shape index (κ2) is 3.49. The molecule has 0 aliphatic carbocycles. The fraction of sp³-hybridized carbons (Fsp3) is 0.200. The summed E-state index contributed by atoms with van der Waals surface area (Å²) < 4.78 is 28.2. The molecule has 0 radical (unpaired) electrons. The normalized spacial score (nSPS) is 11.3. The van der Waals surface area contributed by atoms with Crippen LogP contribution < -0.4 is 4.74 Å². The maximum Gasteiger partial charge on any atom is 0.460 e. The predicted octanol–water partition coefficient (Wildman–Crippen LogP) is 2.45. The Morgan fingerprint density at radius 1 is 1.42 bits per heavy atom. The van der Waals surface area contributed by atoms with Crippen LogP contribution in [0.1, 0.15) is 0 Å². The number of rotatable bonds is 2. The third kappa shape index (κ3) is 3.27. The van der Waals surface area contributed by atoms with Gasteiger partial charge in [-0.2, -0.15) is 8.78 Å². The summed E-state index contributed by atoms with van der Waals surface area (Å²) in [6, 6.07) is 0. The van der Waals surface area contributed by atoms with Gasteiger partial charge in [-0.15, -0.1) is 0 Å². The molecule has 1 rings (SSSR count). The first kappa shape index (κ1) is 9.60. The molecule has 7 heteroatoms. The lowest BCUT2D eigenvalue weighted by Crippen LogP contribution is -2.15. The first-order chi connectivity index (χ1) is 5.47. The minimum absolute atomic E-state index is 0.111. The summed E-state index contributed by atoms with van der Waals surface area (Å²) in [5.74, 6) is -0.304. The van der Waals surface area contributed by atoms with E-state index in [0.29, 0.717) is 0 Å². The van der Waals surface area contributed by atoms with Gasteiger partial charge in [0.25, 0.3) is 0 Å². The number of aromatic nitrogens is 2. The van der Waals surface area contributed by atoms with Crippen LogP contribution in [-0.4, -0.2) is 15.0 Å². The molecular formula is C5H2BrClF2N2O. The lowest BCUT2D eigenvalue weighted by Gasteiger charge is -2.08. The van der Waals surface area contributed by atoms with E-state index in [0.717, 1.165) is 12.4 Å². The van der Waals surface area contributed by atoms with Crippen molar-refractivity contribution in [1.82, 2.24) is 9.97 Å². The highest BCUT2D eigenvalue weighted by atomic mass is 79.9. The molecule has 0 unspecified atom stereocenters. The SMILES string of the molecule is FC(F)(Br)Oc1cnc(Cl)cn1. The van der Waals surface area contributed by atoms with E-state index >= 15 is 0 Å². The highest BCUT2D eigenvalue weighted by Crippen LogP contribution is 2.24. The maximum absolute atomic E-state index is 12.1. The van der Waals surface area contributed by atoms with Gasteiger partial charge in [-0.3, -0.25) is 0 Å². The Bertz CT molecular complexity index is 263. The Morgan fingerprint density at radius 2 is 2.08 bits per heavy atom. The maximum atomic E-state index is 12.1. The quantitative estimate of drug-likeness (QED) is 0.765. The van der Waals surface area contributed by atoms with Crippen LogP contribution in [0, 0.1) is 0 Å². The predicted molar refractivity (Wildman–Crippen MR) is 41.5 cm³/mol. The molecular weight excluding hydrogens is 257 g/mol. The molecule has 12 heavy (non-hydrogen) atoms. The van der Waals surface area contributed by atoms with E-state index in [-0.39, 0.29) is 11.0 Å². The van der Waals surface area contributed by atoms with Crippen LogP contribution in [0.5, 0.6) is 5.88 Å². The third-order valence-corrected chi connectivity index (χ3v) is 1.17. The van der Waals surface area contributed by atoms with Crippen LogP contribution in [0.4, 0.5) is 8.78 Å². The standard InChI is InChI=1S/C5H2BrClF2N2O/c6-5(8,9)12-4-2-10-3(7)1-11-4/h1-2H. The summed E-state index contributed by atoms with van der Waals surface area (Å²) in [4.78, 5) is 6.92. The van der Waals surface area contributed by atoms with Crippen molar-refractivity contribution in [2.75, 3.05) is 0 Å². The molecule has 0 saturated carbocycles. The molecule has 0 aromatic carbocycles. The number of halogens is 4. The van der Waals surface area contributed by atoms with Crippen LogP contribution in [0.2, 0.25) is 5.15 Å². The van der Waals surface area contributed by atoms with Crippen molar-refractivity contribution in [3.8, 4) is 5.88 Å². The Kier molecular flexibility index (Phi) is 2.79. The summed E-state index contributed by atoms with van der Waals surface area (Å²) in [7, 11) is 0. The fourth-order valence-corrected chi connectivity index (χ4v) is 0.735. The second-order valence-electron chi connectivity index (χ2n) is 1.73. The van der Waals surface area contributed by atoms with E-state index in [1.54, 1.807) is 0 Å². The smallest absolute Gasteiger partial charge is 0.404 e. The number of hydrogen-bond donors (Lipinski definition) is 0. The summed E-state index contributed by atoms with van der Waals surface area (Å²) >= 11 is 7.33. The van der Waals surface area contributed by atoms with E-state index < -0.39 is 5.02 Å². The van der Waals surface area contributed by atoms with E-state index in [9.17, 15) is 8.78 Å². The molecule has 0 fully saturated rings. The van der Waals surface area contributed by atoms with E-state index in [1.807, 2.05) is 15.9 Å². The summed E-state index contributed by atoms with van der Waals surface area (Å²) in [6.07, 6.45) is 2.10. The number of hydrogen-bond acceptors (Lipinski definition) is 3. The van der Waals surface area contributed by atoms with Crippen molar-refractivity contribution in [3.63, 3.8) is 0 Å². The van der Waals surface area contributed by atoms with Gasteiger partial charge in [0, 0.05) is 15.9 Å². The van der Waals surface area contributed by atoms with Gasteiger partial charge in [-0.25, -0.2) is 9.97 Å². The zero-order valence-corrected chi connectivity index (χ0v) is 7.81. The molecule has 1 heterocycles. The van der Waals surface area contributed by atoms with Crippen LogP contribution in [0.25, 0.3) is 0 Å². The summed E-state index contributed by atoms with van der Waals surface area (Å²) in [5, 5.41) is -3.32. The van der Waals surface area contributed by atoms with Crippen LogP contribution in [0.15, 0.2) is 12.4 Å². The molecule has 0 aliphatic heterocycles. The van der Waals surface area contributed by atoms with Crippen molar-refractivity contribution >= 4 is 27.5 Å². The Labute approximate surface area is 79.9 Å². The monoisotopic (exact) mass is 258 g/mol. The van der Waals surface area contributed by atoms with Crippen molar-refractivity contribution in [2.45, 2.75) is 5.02 Å². The first-order valence-electron chi connectivity index (χ1n) is 2.71. The van der Waals surface area contributed by atoms with Crippen molar-refractivity contribution in [3.05, 3.63) is 17.5 Å². The molecule has 1 aromatic rings. The largest absolute Gasteiger partial charge is 0.460 e. The van der Waals surface area contributed by atoms with Crippen molar-refractivity contribution < 1.29 is 13.5 Å². The van der Waals surface area contributed by atoms with E-state index in [2.05, 4.69) is 14.7 Å². The van der Waals surface area contributed by atoms with E-state index in [1.165, 1.54) is 0 Å². The molecule has 0 bridgehead atoms. The topological polar surface area (TPSA) is 35.0 Å². The Balaban J connectivity index is 2.71. The van der Waals surface area contributed by atoms with Crippen molar-refractivity contribution in [2.24, 2.45) is 0 Å². The Morgan fingerprint density at radius 3 is 2.50 bits per heavy atom. The molecule has 66 valence electrons. The highest BCUT2D eigenvalue weighted by Gasteiger charge is 2.27. The van der Waals surface area contributed by atoms with Crippen LogP contribution in [-0.2, 0) is 0 Å². The first-order valence-corrected chi connectivity index (χ1v) is 3.88. The fourth-order valence-electron chi connectivity index (χ4n) is 0.472. The molecule has 0 spiro atoms. The number of nitrogens with zero attached hydrogens (tertiary/aromatic N) is 2. The molecule has 0 amide bonds. The zero-order valence-electron chi connectivity index (χ0n) is 5.47. The highest BCUT2D eigenvalue weighted by molar-refractivity contribution is 9.09. The number of alkyl halides is 3. The van der Waals surface area contributed by atoms with Gasteiger partial charge >= 0.3 is 5.02 Å². The molecule has 0 saturated heterocycles. The average molecular weight is 259 g/mol. The van der Waals surface area contributed by atoms with Gasteiger partial charge in [0.2, 0.25) is 5.88 Å². The molecule has 0 atom stereocenters. The number of ether oxygens (including phenoxy) is 1. The second-order valence-corrected chi connectivity index (χ2v) is 3.04. The molecule has 1 aromatic heterocycles. The minimum atomic E-state index is -3.44. The molecule has 0 N–H and O–H groups in total. The van der Waals surface area contributed by atoms with Gasteiger partial charge in [0.15, 0.2) is 0 Å². The minimum Gasteiger partial charge on any atom is -0.404 e. The summed E-state index contributed by atoms with van der Waals surface area (Å²) in [5.41, 5.74) is 0. The third-order valence-electron chi connectivity index (χ3n) is 0.817. The van der Waals surface area contributed by atoms with Crippen LogP contribution in [0.3, 0.4) is 0 Å². The zero-order chi connectivity index (χ0) is 9.19. The lowest BCUT2D eigenvalue weighted by atomic mass is 10.7. The average Bonchev–Trinajstić information content (AvgIpc) is 1.91. The summed E-state index contributed by atoms with van der Waals surface area (Å²) in [6.45, 7) is 0. The van der Waals surface area contributed by atoms with Gasteiger partial charge in [0.1, 0.15) is 5.15 Å². The lowest BCUT2D eigenvalue weighted by molar-refractivity contribution is -0.0833.